The van der Waals surface area contributed by atoms with Crippen LogP contribution in [0.3, 0.4) is 0 Å². The number of rotatable bonds is 2. The normalized spacial score (nSPS) is 18.4. The zero-order chi connectivity index (χ0) is 16.5. The fourth-order valence-electron chi connectivity index (χ4n) is 3.50. The first-order valence-corrected chi connectivity index (χ1v) is 9.54. The Morgan fingerprint density at radius 3 is 2.88 bits per heavy atom. The summed E-state index contributed by atoms with van der Waals surface area (Å²) in [5, 5.41) is 7.22. The number of anilines is 1. The summed E-state index contributed by atoms with van der Waals surface area (Å²) in [6.07, 6.45) is 5.02. The third-order valence-corrected chi connectivity index (χ3v) is 5.83. The number of fused-ring (bicyclic) bond motifs is 1. The molecule has 0 unspecified atom stereocenters. The van der Waals surface area contributed by atoms with E-state index in [2.05, 4.69) is 20.4 Å². The van der Waals surface area contributed by atoms with E-state index >= 15 is 0 Å². The maximum absolute atomic E-state index is 12.9. The number of aromatic nitrogens is 2. The zero-order valence-corrected chi connectivity index (χ0v) is 14.8. The Hall–Kier alpha value is -1.89. The van der Waals surface area contributed by atoms with Gasteiger partial charge in [0.25, 0.3) is 5.91 Å². The molecule has 6 nitrogen and oxygen atoms in total. The Morgan fingerprint density at radius 1 is 1.17 bits per heavy atom. The first-order chi connectivity index (χ1) is 11.7. The molecule has 24 heavy (non-hydrogen) atoms. The van der Waals surface area contributed by atoms with Gasteiger partial charge in [0.15, 0.2) is 10.8 Å². The third-order valence-electron chi connectivity index (χ3n) is 4.81. The van der Waals surface area contributed by atoms with E-state index in [4.69, 9.17) is 4.52 Å². The molecule has 1 aliphatic heterocycles. The van der Waals surface area contributed by atoms with Crippen molar-refractivity contribution in [2.45, 2.75) is 39.0 Å². The van der Waals surface area contributed by atoms with Gasteiger partial charge in [-0.15, -0.1) is 11.3 Å². The van der Waals surface area contributed by atoms with Gasteiger partial charge in [-0.05, 0) is 32.6 Å². The number of carbonyl (C=O) groups is 1. The van der Waals surface area contributed by atoms with Crippen molar-refractivity contribution in [3.63, 3.8) is 0 Å². The van der Waals surface area contributed by atoms with Gasteiger partial charge in [0.05, 0.1) is 5.69 Å². The van der Waals surface area contributed by atoms with Crippen LogP contribution in [0.5, 0.6) is 0 Å². The fourth-order valence-corrected chi connectivity index (χ4v) is 4.36. The van der Waals surface area contributed by atoms with Gasteiger partial charge in [0.2, 0.25) is 0 Å². The minimum atomic E-state index is 0.0269. The zero-order valence-electron chi connectivity index (χ0n) is 14.0. The predicted octanol–water partition coefficient (Wildman–Crippen LogP) is 2.67. The maximum Gasteiger partial charge on any atom is 0.276 e. The topological polar surface area (TPSA) is 62.5 Å². The summed E-state index contributed by atoms with van der Waals surface area (Å²) in [7, 11) is 0. The molecule has 128 valence electrons. The fraction of sp³-hybridized carbons (Fsp3) is 0.588. The molecule has 0 atom stereocenters. The van der Waals surface area contributed by atoms with Crippen LogP contribution in [0, 0.1) is 6.92 Å². The van der Waals surface area contributed by atoms with Gasteiger partial charge in [0.1, 0.15) is 5.76 Å². The van der Waals surface area contributed by atoms with Crippen LogP contribution >= 0.6 is 11.3 Å². The van der Waals surface area contributed by atoms with Gasteiger partial charge in [-0.25, -0.2) is 4.98 Å². The monoisotopic (exact) mass is 346 g/mol. The van der Waals surface area contributed by atoms with E-state index in [1.165, 1.54) is 0 Å². The number of hydrogen-bond donors (Lipinski definition) is 0. The molecule has 1 fully saturated rings. The van der Waals surface area contributed by atoms with Crippen molar-refractivity contribution in [2.75, 3.05) is 31.1 Å². The lowest BCUT2D eigenvalue weighted by molar-refractivity contribution is 0.0755. The van der Waals surface area contributed by atoms with Gasteiger partial charge in [-0.2, -0.15) is 0 Å². The molecule has 0 bridgehead atoms. The Kier molecular flexibility index (Phi) is 4.26. The van der Waals surface area contributed by atoms with E-state index in [0.29, 0.717) is 12.2 Å². The maximum atomic E-state index is 12.9. The lowest BCUT2D eigenvalue weighted by atomic mass is 9.96. The lowest BCUT2D eigenvalue weighted by Gasteiger charge is -2.21. The van der Waals surface area contributed by atoms with Gasteiger partial charge in [-0.3, -0.25) is 4.79 Å². The minimum Gasteiger partial charge on any atom is -0.360 e. The van der Waals surface area contributed by atoms with Gasteiger partial charge >= 0.3 is 0 Å². The van der Waals surface area contributed by atoms with Crippen molar-refractivity contribution in [3.05, 3.63) is 28.1 Å². The molecule has 4 rings (SSSR count). The number of hydrogen-bond acceptors (Lipinski definition) is 6. The highest BCUT2D eigenvalue weighted by molar-refractivity contribution is 7.13. The SMILES string of the molecule is Cc1csc(N2CCCN(C(=O)c3noc4c3CCCC4)CC2)n1. The molecule has 2 aromatic heterocycles. The van der Waals surface area contributed by atoms with E-state index in [0.717, 1.165) is 73.9 Å². The van der Waals surface area contributed by atoms with Crippen LogP contribution in [0.15, 0.2) is 9.90 Å². The summed E-state index contributed by atoms with van der Waals surface area (Å²) in [4.78, 5) is 21.7. The molecule has 0 spiro atoms. The van der Waals surface area contributed by atoms with E-state index in [9.17, 15) is 4.79 Å². The summed E-state index contributed by atoms with van der Waals surface area (Å²) in [6.45, 7) is 5.24. The molecule has 1 aliphatic carbocycles. The summed E-state index contributed by atoms with van der Waals surface area (Å²) >= 11 is 1.68. The standard InChI is InChI=1S/C17H22N4O2S/c1-12-11-24-17(18-12)21-8-4-7-20(9-10-21)16(22)15-13-5-2-3-6-14(13)23-19-15/h11H,2-10H2,1H3. The van der Waals surface area contributed by atoms with Crippen molar-refractivity contribution < 1.29 is 9.32 Å². The average Bonchev–Trinajstić information content (AvgIpc) is 3.13. The second-order valence-corrected chi connectivity index (χ2v) is 7.38. The molecule has 2 aliphatic rings. The highest BCUT2D eigenvalue weighted by Gasteiger charge is 2.28. The Labute approximate surface area is 145 Å². The second kappa shape index (κ2) is 6.55. The van der Waals surface area contributed by atoms with Gasteiger partial charge in [-0.1, -0.05) is 5.16 Å². The van der Waals surface area contributed by atoms with Crippen LogP contribution in [0.2, 0.25) is 0 Å². The average molecular weight is 346 g/mol. The van der Waals surface area contributed by atoms with Gasteiger partial charge < -0.3 is 14.3 Å². The van der Waals surface area contributed by atoms with E-state index < -0.39 is 0 Å². The van der Waals surface area contributed by atoms with Crippen LogP contribution in [-0.4, -0.2) is 47.1 Å². The van der Waals surface area contributed by atoms with Crippen molar-refractivity contribution in [2.24, 2.45) is 0 Å². The molecule has 0 N–H and O–H groups in total. The van der Waals surface area contributed by atoms with Crippen LogP contribution in [0.25, 0.3) is 0 Å². The first kappa shape index (κ1) is 15.6. The van der Waals surface area contributed by atoms with Crippen LogP contribution in [0.4, 0.5) is 5.13 Å². The van der Waals surface area contributed by atoms with Gasteiger partial charge in [0, 0.05) is 43.5 Å². The first-order valence-electron chi connectivity index (χ1n) is 8.66. The van der Waals surface area contributed by atoms with E-state index in [1.54, 1.807) is 11.3 Å². The molecule has 1 saturated heterocycles. The van der Waals surface area contributed by atoms with Crippen molar-refractivity contribution >= 4 is 22.4 Å². The second-order valence-electron chi connectivity index (χ2n) is 6.54. The smallest absolute Gasteiger partial charge is 0.276 e. The molecular formula is C17H22N4O2S. The third kappa shape index (κ3) is 2.92. The lowest BCUT2D eigenvalue weighted by Crippen LogP contribution is -2.36. The number of carbonyl (C=O) groups excluding carboxylic acids is 1. The molecule has 1 amide bonds. The molecule has 0 radical (unpaired) electrons. The summed E-state index contributed by atoms with van der Waals surface area (Å²) in [5.74, 6) is 0.943. The summed E-state index contributed by atoms with van der Waals surface area (Å²) in [5.41, 5.74) is 2.65. The summed E-state index contributed by atoms with van der Waals surface area (Å²) in [6, 6.07) is 0. The van der Waals surface area contributed by atoms with Crippen molar-refractivity contribution in [1.82, 2.24) is 15.0 Å². The minimum absolute atomic E-state index is 0.0269. The Balaban J connectivity index is 1.47. The number of nitrogens with zero attached hydrogens (tertiary/aromatic N) is 4. The molecule has 0 saturated carbocycles. The van der Waals surface area contributed by atoms with E-state index in [-0.39, 0.29) is 5.91 Å². The van der Waals surface area contributed by atoms with Crippen LogP contribution in [-0.2, 0) is 12.8 Å². The Morgan fingerprint density at radius 2 is 2.04 bits per heavy atom. The Bertz CT molecular complexity index is 739. The number of thiazole rings is 1. The molecule has 7 heteroatoms. The highest BCUT2D eigenvalue weighted by atomic mass is 32.1. The summed E-state index contributed by atoms with van der Waals surface area (Å²) < 4.78 is 5.41. The van der Waals surface area contributed by atoms with Crippen LogP contribution < -0.4 is 4.90 Å². The van der Waals surface area contributed by atoms with Crippen LogP contribution in [0.1, 0.15) is 46.8 Å². The molecule has 0 aromatic carbocycles. The molecule has 2 aromatic rings. The van der Waals surface area contributed by atoms with Crippen molar-refractivity contribution in [1.29, 1.82) is 0 Å². The van der Waals surface area contributed by atoms with Crippen molar-refractivity contribution in [3.8, 4) is 0 Å². The quantitative estimate of drug-likeness (QED) is 0.836. The largest absolute Gasteiger partial charge is 0.360 e. The predicted molar refractivity (Wildman–Crippen MR) is 92.7 cm³/mol. The highest BCUT2D eigenvalue weighted by Crippen LogP contribution is 2.26. The number of amides is 1. The molecule has 3 heterocycles. The number of aryl methyl sites for hydroxylation is 2. The molecular weight excluding hydrogens is 324 g/mol. The van der Waals surface area contributed by atoms with E-state index in [1.807, 2.05) is 11.8 Å².